The number of nitrogens with zero attached hydrogens (tertiary/aromatic N) is 1. The number of hydrogen-bond acceptors (Lipinski definition) is 3. The van der Waals surface area contributed by atoms with E-state index in [2.05, 4.69) is 9.97 Å². The lowest BCUT2D eigenvalue weighted by atomic mass is 10.0. The van der Waals surface area contributed by atoms with E-state index in [0.717, 1.165) is 28.3 Å². The van der Waals surface area contributed by atoms with Crippen molar-refractivity contribution >= 4 is 17.2 Å². The van der Waals surface area contributed by atoms with Gasteiger partial charge in [0, 0.05) is 34.3 Å². The van der Waals surface area contributed by atoms with Crippen molar-refractivity contribution < 1.29 is 9.53 Å². The van der Waals surface area contributed by atoms with Crippen LogP contribution in [0.5, 0.6) is 5.88 Å². The third-order valence-electron chi connectivity index (χ3n) is 3.09. The highest BCUT2D eigenvalue weighted by Crippen LogP contribution is 2.31. The van der Waals surface area contributed by atoms with E-state index >= 15 is 0 Å². The Hall–Kier alpha value is -2.62. The highest BCUT2D eigenvalue weighted by atomic mass is 16.5. The summed E-state index contributed by atoms with van der Waals surface area (Å²) in [5.74, 6) is 0.552. The summed E-state index contributed by atoms with van der Waals surface area (Å²) in [5, 5.41) is 1.01. The first kappa shape index (κ1) is 11.5. The second kappa shape index (κ2) is 4.57. The number of aldehydes is 1. The molecular weight excluding hydrogens is 240 g/mol. The van der Waals surface area contributed by atoms with Gasteiger partial charge in [0.1, 0.15) is 0 Å². The predicted octanol–water partition coefficient (Wildman–Crippen LogP) is 3.05. The summed E-state index contributed by atoms with van der Waals surface area (Å²) >= 11 is 0. The van der Waals surface area contributed by atoms with Crippen molar-refractivity contribution in [3.63, 3.8) is 0 Å². The maximum absolute atomic E-state index is 11.2. The van der Waals surface area contributed by atoms with Crippen molar-refractivity contribution in [3.05, 3.63) is 48.3 Å². The summed E-state index contributed by atoms with van der Waals surface area (Å²) in [6.45, 7) is 0. The monoisotopic (exact) mass is 252 g/mol. The number of rotatable bonds is 3. The molecule has 0 unspecified atom stereocenters. The largest absolute Gasteiger partial charge is 0.481 e. The number of pyridine rings is 1. The molecule has 0 radical (unpaired) electrons. The fourth-order valence-electron chi connectivity index (χ4n) is 2.21. The van der Waals surface area contributed by atoms with Crippen LogP contribution in [-0.4, -0.2) is 23.4 Å². The summed E-state index contributed by atoms with van der Waals surface area (Å²) < 4.78 is 5.04. The van der Waals surface area contributed by atoms with E-state index in [1.807, 2.05) is 30.3 Å². The van der Waals surface area contributed by atoms with Crippen LogP contribution in [0.4, 0.5) is 0 Å². The number of aromatic amines is 1. The van der Waals surface area contributed by atoms with Gasteiger partial charge < -0.3 is 9.72 Å². The van der Waals surface area contributed by atoms with E-state index in [0.29, 0.717) is 11.6 Å². The smallest absolute Gasteiger partial charge is 0.212 e. The van der Waals surface area contributed by atoms with Crippen LogP contribution in [0.15, 0.2) is 42.6 Å². The van der Waals surface area contributed by atoms with Gasteiger partial charge in [-0.1, -0.05) is 18.2 Å². The average molecular weight is 252 g/mol. The number of methoxy groups -OCH3 is 1. The zero-order valence-electron chi connectivity index (χ0n) is 10.4. The van der Waals surface area contributed by atoms with Crippen LogP contribution < -0.4 is 4.74 Å². The van der Waals surface area contributed by atoms with Crippen molar-refractivity contribution in [2.75, 3.05) is 7.11 Å². The van der Waals surface area contributed by atoms with Gasteiger partial charge in [-0.3, -0.25) is 4.79 Å². The number of H-pyrrole nitrogens is 1. The lowest BCUT2D eigenvalue weighted by Gasteiger charge is -2.02. The molecule has 94 valence electrons. The zero-order valence-corrected chi connectivity index (χ0v) is 10.4. The van der Waals surface area contributed by atoms with Crippen LogP contribution in [0.2, 0.25) is 0 Å². The van der Waals surface area contributed by atoms with Crippen molar-refractivity contribution in [2.24, 2.45) is 0 Å². The fraction of sp³-hybridized carbons (Fsp3) is 0.0667. The van der Waals surface area contributed by atoms with Crippen LogP contribution in [-0.2, 0) is 0 Å². The Labute approximate surface area is 110 Å². The first-order chi connectivity index (χ1) is 9.33. The van der Waals surface area contributed by atoms with Gasteiger partial charge in [-0.2, -0.15) is 0 Å². The highest BCUT2D eigenvalue weighted by Gasteiger charge is 2.12. The van der Waals surface area contributed by atoms with Crippen molar-refractivity contribution in [1.82, 2.24) is 9.97 Å². The minimum absolute atomic E-state index is 0.552. The number of carbonyl (C=O) groups excluding carboxylic acids is 1. The van der Waals surface area contributed by atoms with E-state index < -0.39 is 0 Å². The second-order valence-corrected chi connectivity index (χ2v) is 4.17. The molecule has 0 spiro atoms. The molecule has 4 nitrogen and oxygen atoms in total. The van der Waals surface area contributed by atoms with E-state index in [9.17, 15) is 4.79 Å². The van der Waals surface area contributed by atoms with Gasteiger partial charge in [-0.25, -0.2) is 4.98 Å². The molecule has 0 aliphatic carbocycles. The van der Waals surface area contributed by atoms with Crippen LogP contribution in [0.25, 0.3) is 22.0 Å². The number of aromatic nitrogens is 2. The minimum Gasteiger partial charge on any atom is -0.481 e. The molecule has 4 heteroatoms. The van der Waals surface area contributed by atoms with Crippen molar-refractivity contribution in [3.8, 4) is 17.0 Å². The molecule has 0 aliphatic heterocycles. The van der Waals surface area contributed by atoms with Gasteiger partial charge in [-0.05, 0) is 12.1 Å². The molecule has 0 atom stereocenters. The third-order valence-corrected chi connectivity index (χ3v) is 3.09. The van der Waals surface area contributed by atoms with Crippen LogP contribution in [0.1, 0.15) is 10.5 Å². The summed E-state index contributed by atoms with van der Waals surface area (Å²) in [5.41, 5.74) is 3.27. The van der Waals surface area contributed by atoms with E-state index in [1.165, 1.54) is 0 Å². The Morgan fingerprint density at radius 2 is 2.05 bits per heavy atom. The van der Waals surface area contributed by atoms with E-state index in [4.69, 9.17) is 4.74 Å². The van der Waals surface area contributed by atoms with Gasteiger partial charge in [-0.15, -0.1) is 0 Å². The SMILES string of the molecule is COc1ccc(-c2c(C=O)[nH]c3ccccc23)cn1. The standard InChI is InChI=1S/C15H12N2O2/c1-19-14-7-6-10(8-16-14)15-11-4-2-3-5-12(11)17-13(15)9-18/h2-9,17H,1H3. The number of benzene rings is 1. The molecule has 2 heterocycles. The van der Waals surface area contributed by atoms with E-state index in [-0.39, 0.29) is 0 Å². The zero-order chi connectivity index (χ0) is 13.2. The molecule has 1 N–H and O–H groups in total. The molecule has 0 bridgehead atoms. The van der Waals surface area contributed by atoms with Crippen LogP contribution in [0, 0.1) is 0 Å². The average Bonchev–Trinajstić information content (AvgIpc) is 2.86. The normalized spacial score (nSPS) is 10.6. The molecule has 0 aliphatic rings. The molecule has 1 aromatic carbocycles. The molecule has 2 aromatic heterocycles. The van der Waals surface area contributed by atoms with Gasteiger partial charge in [0.2, 0.25) is 5.88 Å². The number of fused-ring (bicyclic) bond motifs is 1. The molecular formula is C15H12N2O2. The maximum Gasteiger partial charge on any atom is 0.212 e. The Kier molecular flexibility index (Phi) is 2.76. The molecule has 3 aromatic rings. The second-order valence-electron chi connectivity index (χ2n) is 4.17. The third kappa shape index (κ3) is 1.87. The van der Waals surface area contributed by atoms with Gasteiger partial charge in [0.05, 0.1) is 12.8 Å². The number of para-hydroxylation sites is 1. The maximum atomic E-state index is 11.2. The predicted molar refractivity (Wildman–Crippen MR) is 73.5 cm³/mol. The molecule has 3 rings (SSSR count). The molecule has 19 heavy (non-hydrogen) atoms. The number of ether oxygens (including phenoxy) is 1. The lowest BCUT2D eigenvalue weighted by molar-refractivity contribution is 0.112. The number of carbonyl (C=O) groups is 1. The Morgan fingerprint density at radius 1 is 1.21 bits per heavy atom. The molecule has 0 amide bonds. The Bertz CT molecular complexity index is 729. The quantitative estimate of drug-likeness (QED) is 0.729. The van der Waals surface area contributed by atoms with Gasteiger partial charge >= 0.3 is 0 Å². The van der Waals surface area contributed by atoms with Crippen molar-refractivity contribution in [1.29, 1.82) is 0 Å². The summed E-state index contributed by atoms with van der Waals surface area (Å²) in [4.78, 5) is 18.5. The Balaban J connectivity index is 2.24. The van der Waals surface area contributed by atoms with Gasteiger partial charge in [0.15, 0.2) is 6.29 Å². The lowest BCUT2D eigenvalue weighted by Crippen LogP contribution is -1.89. The van der Waals surface area contributed by atoms with Gasteiger partial charge in [0.25, 0.3) is 0 Å². The first-order valence-electron chi connectivity index (χ1n) is 5.90. The van der Waals surface area contributed by atoms with E-state index in [1.54, 1.807) is 19.4 Å². The molecule has 0 saturated heterocycles. The minimum atomic E-state index is 0.552. The van der Waals surface area contributed by atoms with Crippen LogP contribution >= 0.6 is 0 Å². The molecule has 0 saturated carbocycles. The fourth-order valence-corrected chi connectivity index (χ4v) is 2.21. The Morgan fingerprint density at radius 3 is 2.74 bits per heavy atom. The number of nitrogens with one attached hydrogen (secondary N) is 1. The highest BCUT2D eigenvalue weighted by molar-refractivity contribution is 6.03. The topological polar surface area (TPSA) is 55.0 Å². The van der Waals surface area contributed by atoms with Crippen molar-refractivity contribution in [2.45, 2.75) is 0 Å². The number of hydrogen-bond donors (Lipinski definition) is 1. The molecule has 0 fully saturated rings. The first-order valence-corrected chi connectivity index (χ1v) is 5.90. The summed E-state index contributed by atoms with van der Waals surface area (Å²) in [6.07, 6.45) is 2.54. The summed E-state index contributed by atoms with van der Waals surface area (Å²) in [7, 11) is 1.57. The van der Waals surface area contributed by atoms with Crippen LogP contribution in [0.3, 0.4) is 0 Å². The summed E-state index contributed by atoms with van der Waals surface area (Å²) in [6, 6.07) is 11.5.